The van der Waals surface area contributed by atoms with Crippen LogP contribution in [0.25, 0.3) is 0 Å². The fourth-order valence-corrected chi connectivity index (χ4v) is 3.21. The van der Waals surface area contributed by atoms with Gasteiger partial charge >= 0.3 is 0 Å². The van der Waals surface area contributed by atoms with Gasteiger partial charge in [0.1, 0.15) is 5.01 Å². The first-order valence-corrected chi connectivity index (χ1v) is 7.73. The number of hydrogen-bond acceptors (Lipinski definition) is 4. The van der Waals surface area contributed by atoms with Crippen LogP contribution in [0, 0.1) is 0 Å². The molecule has 1 unspecified atom stereocenters. The van der Waals surface area contributed by atoms with E-state index in [-0.39, 0.29) is 11.9 Å². The van der Waals surface area contributed by atoms with E-state index in [2.05, 4.69) is 22.5 Å². The molecule has 0 saturated heterocycles. The van der Waals surface area contributed by atoms with E-state index in [9.17, 15) is 4.79 Å². The van der Waals surface area contributed by atoms with E-state index in [0.29, 0.717) is 0 Å². The molecule has 0 radical (unpaired) electrons. The number of thiazole rings is 1. The van der Waals surface area contributed by atoms with Crippen molar-refractivity contribution in [2.75, 3.05) is 11.9 Å². The van der Waals surface area contributed by atoms with Crippen molar-refractivity contribution in [1.29, 1.82) is 0 Å². The summed E-state index contributed by atoms with van der Waals surface area (Å²) in [5.74, 6) is -0.0262. The highest BCUT2D eigenvalue weighted by Gasteiger charge is 2.18. The number of fused-ring (bicyclic) bond motifs is 1. The number of nitrogens with one attached hydrogen (secondary N) is 2. The Kier molecular flexibility index (Phi) is 3.69. The van der Waals surface area contributed by atoms with Gasteiger partial charge in [0, 0.05) is 29.4 Å². The van der Waals surface area contributed by atoms with Gasteiger partial charge in [0.2, 0.25) is 0 Å². The Balaban J connectivity index is 1.75. The maximum atomic E-state index is 12.4. The molecule has 3 rings (SSSR count). The lowest BCUT2D eigenvalue weighted by atomic mass is 10.1. The molecule has 1 aromatic carbocycles. The van der Waals surface area contributed by atoms with Crippen LogP contribution in [-0.2, 0) is 6.42 Å². The minimum Gasteiger partial charge on any atom is -0.384 e. The Morgan fingerprint density at radius 3 is 3.20 bits per heavy atom. The van der Waals surface area contributed by atoms with Gasteiger partial charge in [0.25, 0.3) is 5.91 Å². The fraction of sp³-hybridized carbons (Fsp3) is 0.333. The average molecular weight is 287 g/mol. The number of hydrogen-bond donors (Lipinski definition) is 2. The molecule has 2 N–H and O–H groups in total. The van der Waals surface area contributed by atoms with E-state index < -0.39 is 0 Å². The second-order valence-electron chi connectivity index (χ2n) is 4.85. The lowest BCUT2D eigenvalue weighted by Crippen LogP contribution is -2.28. The SMILES string of the molecule is CCC(NC(=O)c1ccc2c(c1)CCN2)c1nccs1. The highest BCUT2D eigenvalue weighted by molar-refractivity contribution is 7.09. The minimum absolute atomic E-state index is 0.00567. The summed E-state index contributed by atoms with van der Waals surface area (Å²) in [7, 11) is 0. The third kappa shape index (κ3) is 2.54. The smallest absolute Gasteiger partial charge is 0.251 e. The predicted octanol–water partition coefficient (Wildman–Crippen LogP) is 2.99. The van der Waals surface area contributed by atoms with Gasteiger partial charge in [0.15, 0.2) is 0 Å². The molecule has 0 fully saturated rings. The lowest BCUT2D eigenvalue weighted by Gasteiger charge is -2.14. The molecule has 20 heavy (non-hydrogen) atoms. The summed E-state index contributed by atoms with van der Waals surface area (Å²) in [6.45, 7) is 3.01. The fourth-order valence-electron chi connectivity index (χ4n) is 2.43. The molecule has 4 nitrogen and oxygen atoms in total. The van der Waals surface area contributed by atoms with Crippen molar-refractivity contribution in [3.8, 4) is 0 Å². The highest BCUT2D eigenvalue weighted by Crippen LogP contribution is 2.24. The molecule has 2 heterocycles. The second kappa shape index (κ2) is 5.63. The summed E-state index contributed by atoms with van der Waals surface area (Å²) in [4.78, 5) is 16.6. The van der Waals surface area contributed by atoms with Gasteiger partial charge in [-0.05, 0) is 36.6 Å². The van der Waals surface area contributed by atoms with Crippen LogP contribution >= 0.6 is 11.3 Å². The van der Waals surface area contributed by atoms with E-state index in [1.807, 2.05) is 23.6 Å². The van der Waals surface area contributed by atoms with Crippen molar-refractivity contribution in [2.24, 2.45) is 0 Å². The molecule has 0 spiro atoms. The van der Waals surface area contributed by atoms with E-state index in [0.717, 1.165) is 35.6 Å². The first kappa shape index (κ1) is 13.1. The van der Waals surface area contributed by atoms with Gasteiger partial charge in [-0.2, -0.15) is 0 Å². The van der Waals surface area contributed by atoms with Crippen molar-refractivity contribution in [3.63, 3.8) is 0 Å². The first-order valence-electron chi connectivity index (χ1n) is 6.85. The van der Waals surface area contributed by atoms with E-state index >= 15 is 0 Å². The monoisotopic (exact) mass is 287 g/mol. The van der Waals surface area contributed by atoms with Crippen LogP contribution in [0.1, 0.15) is 40.3 Å². The average Bonchev–Trinajstić information content (AvgIpc) is 3.14. The predicted molar refractivity (Wildman–Crippen MR) is 81.2 cm³/mol. The van der Waals surface area contributed by atoms with E-state index in [4.69, 9.17) is 0 Å². The second-order valence-corrected chi connectivity index (χ2v) is 5.78. The zero-order valence-corrected chi connectivity index (χ0v) is 12.2. The molecule has 104 valence electrons. The number of carbonyl (C=O) groups excluding carboxylic acids is 1. The molecule has 1 amide bonds. The zero-order chi connectivity index (χ0) is 13.9. The number of rotatable bonds is 4. The van der Waals surface area contributed by atoms with Crippen LogP contribution in [0.15, 0.2) is 29.8 Å². The molecule has 0 saturated carbocycles. The van der Waals surface area contributed by atoms with Crippen molar-refractivity contribution in [1.82, 2.24) is 10.3 Å². The minimum atomic E-state index is -0.0262. The molecular formula is C15H17N3OS. The van der Waals surface area contributed by atoms with Crippen molar-refractivity contribution >= 4 is 22.9 Å². The zero-order valence-electron chi connectivity index (χ0n) is 11.3. The molecular weight excluding hydrogens is 270 g/mol. The Bertz CT molecular complexity index is 610. The standard InChI is InChI=1S/C15H17N3OS/c1-2-12(15-17-7-8-20-15)18-14(19)11-3-4-13-10(9-11)5-6-16-13/h3-4,7-9,12,16H,2,5-6H2,1H3,(H,18,19). The summed E-state index contributed by atoms with van der Waals surface area (Å²) in [6, 6.07) is 5.84. The molecule has 1 atom stereocenters. The number of benzene rings is 1. The molecule has 1 aromatic heterocycles. The molecule has 0 bridgehead atoms. The maximum absolute atomic E-state index is 12.4. The van der Waals surface area contributed by atoms with E-state index in [1.54, 1.807) is 17.5 Å². The molecule has 2 aromatic rings. The quantitative estimate of drug-likeness (QED) is 0.909. The van der Waals surface area contributed by atoms with Crippen molar-refractivity contribution < 1.29 is 4.79 Å². The van der Waals surface area contributed by atoms with Crippen LogP contribution in [0.5, 0.6) is 0 Å². The normalized spacial score (nSPS) is 14.4. The first-order chi connectivity index (χ1) is 9.78. The van der Waals surface area contributed by atoms with Gasteiger partial charge in [-0.25, -0.2) is 4.98 Å². The van der Waals surface area contributed by atoms with Crippen LogP contribution in [-0.4, -0.2) is 17.4 Å². The van der Waals surface area contributed by atoms with Crippen LogP contribution in [0.2, 0.25) is 0 Å². The van der Waals surface area contributed by atoms with Crippen LogP contribution < -0.4 is 10.6 Å². The van der Waals surface area contributed by atoms with Crippen LogP contribution in [0.3, 0.4) is 0 Å². The molecule has 5 heteroatoms. The lowest BCUT2D eigenvalue weighted by molar-refractivity contribution is 0.0935. The van der Waals surface area contributed by atoms with Crippen LogP contribution in [0.4, 0.5) is 5.69 Å². The number of nitrogens with zero attached hydrogens (tertiary/aromatic N) is 1. The number of anilines is 1. The molecule has 1 aliphatic rings. The molecule has 1 aliphatic heterocycles. The molecule has 0 aliphatic carbocycles. The number of carbonyl (C=O) groups is 1. The Morgan fingerprint density at radius 2 is 2.45 bits per heavy atom. The van der Waals surface area contributed by atoms with Gasteiger partial charge < -0.3 is 10.6 Å². The number of aromatic nitrogens is 1. The van der Waals surface area contributed by atoms with Gasteiger partial charge in [0.05, 0.1) is 6.04 Å². The van der Waals surface area contributed by atoms with Gasteiger partial charge in [-0.3, -0.25) is 4.79 Å². The maximum Gasteiger partial charge on any atom is 0.251 e. The van der Waals surface area contributed by atoms with Gasteiger partial charge in [-0.15, -0.1) is 11.3 Å². The number of amides is 1. The van der Waals surface area contributed by atoms with Crippen molar-refractivity contribution in [2.45, 2.75) is 25.8 Å². The summed E-state index contributed by atoms with van der Waals surface area (Å²) in [6.07, 6.45) is 3.60. The van der Waals surface area contributed by atoms with Gasteiger partial charge in [-0.1, -0.05) is 6.92 Å². The Labute approximate surface area is 122 Å². The third-order valence-corrected chi connectivity index (χ3v) is 4.43. The summed E-state index contributed by atoms with van der Waals surface area (Å²) < 4.78 is 0. The summed E-state index contributed by atoms with van der Waals surface area (Å²) >= 11 is 1.58. The third-order valence-electron chi connectivity index (χ3n) is 3.54. The Hall–Kier alpha value is -1.88. The topological polar surface area (TPSA) is 54.0 Å². The summed E-state index contributed by atoms with van der Waals surface area (Å²) in [5, 5.41) is 9.26. The van der Waals surface area contributed by atoms with Crippen molar-refractivity contribution in [3.05, 3.63) is 45.9 Å². The largest absolute Gasteiger partial charge is 0.384 e. The Morgan fingerprint density at radius 1 is 1.55 bits per heavy atom. The highest BCUT2D eigenvalue weighted by atomic mass is 32.1. The summed E-state index contributed by atoms with van der Waals surface area (Å²) in [5.41, 5.74) is 3.09. The van der Waals surface area contributed by atoms with E-state index in [1.165, 1.54) is 5.56 Å².